The maximum absolute atomic E-state index is 13.5. The molecule has 0 saturated heterocycles. The third-order valence-corrected chi connectivity index (χ3v) is 32.4. The monoisotopic (exact) mass is 906 g/mol. The van der Waals surface area contributed by atoms with E-state index >= 15 is 0 Å². The Morgan fingerprint density at radius 1 is 0.300 bits per heavy atom. The standard InChI is InChI=1S/C56H54Ge2O2/c1-55(2,3)41-37-49(53(59)51(39-41)57(43-25-13-7-14-26-43,44-27-15-8-16-28-44)45-29-17-9-18-30-45)50-38-42(56(4,5)6)40-52(54(50)60)58(46-31-19-10-20-32-46,47-33-21-11-22-34-47)48-35-23-12-24-36-48/h7-40,59-60H,1-6H3. The molecule has 0 aliphatic carbocycles. The van der Waals surface area contributed by atoms with Crippen LogP contribution in [0.15, 0.2) is 206 Å². The topological polar surface area (TPSA) is 40.5 Å². The van der Waals surface area contributed by atoms with E-state index < -0.39 is 26.5 Å². The first kappa shape index (κ1) is 41.2. The van der Waals surface area contributed by atoms with Crippen molar-refractivity contribution in [2.75, 3.05) is 0 Å². The average Bonchev–Trinajstić information content (AvgIpc) is 3.27. The van der Waals surface area contributed by atoms with Crippen LogP contribution < -0.4 is 35.2 Å². The summed E-state index contributed by atoms with van der Waals surface area (Å²) in [5.74, 6) is 0.452. The van der Waals surface area contributed by atoms with Gasteiger partial charge in [0.1, 0.15) is 0 Å². The van der Waals surface area contributed by atoms with Gasteiger partial charge in [0, 0.05) is 0 Å². The van der Waals surface area contributed by atoms with E-state index in [1.54, 1.807) is 0 Å². The molecule has 8 rings (SSSR count). The molecule has 0 heterocycles. The van der Waals surface area contributed by atoms with Crippen LogP contribution in [0.25, 0.3) is 11.1 Å². The van der Waals surface area contributed by atoms with E-state index in [0.29, 0.717) is 11.1 Å². The van der Waals surface area contributed by atoms with E-state index in [4.69, 9.17) is 0 Å². The van der Waals surface area contributed by atoms with Gasteiger partial charge in [0.15, 0.2) is 0 Å². The Hall–Kier alpha value is -5.55. The van der Waals surface area contributed by atoms with Crippen molar-refractivity contribution in [3.05, 3.63) is 217 Å². The van der Waals surface area contributed by atoms with Gasteiger partial charge in [-0.3, -0.25) is 0 Å². The van der Waals surface area contributed by atoms with Gasteiger partial charge in [-0.05, 0) is 0 Å². The van der Waals surface area contributed by atoms with Gasteiger partial charge in [0.25, 0.3) is 0 Å². The van der Waals surface area contributed by atoms with Crippen LogP contribution in [-0.4, -0.2) is 36.7 Å². The summed E-state index contributed by atoms with van der Waals surface area (Å²) in [6.45, 7) is 13.5. The van der Waals surface area contributed by atoms with E-state index in [1.165, 1.54) is 26.4 Å². The van der Waals surface area contributed by atoms with Crippen LogP contribution in [0, 0.1) is 0 Å². The summed E-state index contributed by atoms with van der Waals surface area (Å²) in [5, 5.41) is 26.9. The molecule has 8 aromatic carbocycles. The summed E-state index contributed by atoms with van der Waals surface area (Å²) in [6.07, 6.45) is 0. The van der Waals surface area contributed by atoms with Crippen molar-refractivity contribution in [3.8, 4) is 22.6 Å². The molecule has 0 amide bonds. The van der Waals surface area contributed by atoms with Crippen LogP contribution in [0.5, 0.6) is 11.5 Å². The fraction of sp³-hybridized carbons (Fsp3) is 0.143. The molecule has 8 aromatic rings. The molecule has 60 heavy (non-hydrogen) atoms. The predicted octanol–water partition coefficient (Wildman–Crippen LogP) is 8.11. The molecule has 0 atom stereocenters. The first-order chi connectivity index (χ1) is 28.9. The summed E-state index contributed by atoms with van der Waals surface area (Å²) in [4.78, 5) is 0. The molecule has 0 aliphatic heterocycles. The Labute approximate surface area is 362 Å². The number of hydrogen-bond acceptors (Lipinski definition) is 2. The number of phenols is 2. The molecule has 0 spiro atoms. The zero-order chi connectivity index (χ0) is 42.1. The zero-order valence-corrected chi connectivity index (χ0v) is 39.7. The van der Waals surface area contributed by atoms with Crippen LogP contribution in [0.3, 0.4) is 0 Å². The van der Waals surface area contributed by atoms with Crippen LogP contribution in [0.4, 0.5) is 0 Å². The minimum absolute atomic E-state index is 0.226. The molecule has 2 N–H and O–H groups in total. The fourth-order valence-electron chi connectivity index (χ4n) is 9.18. The van der Waals surface area contributed by atoms with Crippen LogP contribution in [0.1, 0.15) is 52.7 Å². The van der Waals surface area contributed by atoms with Gasteiger partial charge in [-0.25, -0.2) is 0 Å². The van der Waals surface area contributed by atoms with Crippen LogP contribution in [0.2, 0.25) is 0 Å². The maximum atomic E-state index is 13.5. The van der Waals surface area contributed by atoms with Crippen molar-refractivity contribution in [3.63, 3.8) is 0 Å². The van der Waals surface area contributed by atoms with Crippen molar-refractivity contribution < 1.29 is 10.2 Å². The fourth-order valence-corrected chi connectivity index (χ4v) is 29.6. The second-order valence-corrected chi connectivity index (χ2v) is 33.9. The van der Waals surface area contributed by atoms with Gasteiger partial charge in [-0.15, -0.1) is 0 Å². The minimum atomic E-state index is -4.02. The number of phenolic OH excluding ortho intramolecular Hbond substituents is 2. The Kier molecular flexibility index (Phi) is 11.3. The van der Waals surface area contributed by atoms with Crippen molar-refractivity contribution in [1.82, 2.24) is 0 Å². The van der Waals surface area contributed by atoms with Gasteiger partial charge >= 0.3 is 364 Å². The average molecular weight is 904 g/mol. The summed E-state index contributed by atoms with van der Waals surface area (Å²) >= 11 is -8.04. The summed E-state index contributed by atoms with van der Waals surface area (Å²) in [5.41, 5.74) is 2.96. The Morgan fingerprint density at radius 3 is 0.683 bits per heavy atom. The first-order valence-electron chi connectivity index (χ1n) is 21.0. The van der Waals surface area contributed by atoms with Crippen molar-refractivity contribution in [2.45, 2.75) is 52.4 Å². The molecule has 0 radical (unpaired) electrons. The van der Waals surface area contributed by atoms with Crippen LogP contribution in [-0.2, 0) is 10.8 Å². The molecular weight excluding hydrogens is 850 g/mol. The van der Waals surface area contributed by atoms with Gasteiger partial charge in [0.05, 0.1) is 0 Å². The quantitative estimate of drug-likeness (QED) is 0.144. The van der Waals surface area contributed by atoms with E-state index in [9.17, 15) is 10.2 Å². The van der Waals surface area contributed by atoms with Crippen molar-refractivity contribution in [1.29, 1.82) is 0 Å². The number of aromatic hydroxyl groups is 2. The van der Waals surface area contributed by atoms with E-state index in [0.717, 1.165) is 19.9 Å². The molecule has 0 fully saturated rings. The van der Waals surface area contributed by atoms with Gasteiger partial charge in [0.2, 0.25) is 0 Å². The van der Waals surface area contributed by atoms with Crippen molar-refractivity contribution in [2.24, 2.45) is 0 Å². The SMILES string of the molecule is CC(C)(C)c1cc(-c2cc(C(C)(C)C)c[c]([Ge]([c]3ccccc3)([c]3ccccc3)[c]3ccccc3)c2O)c(O)[c]([Ge]([c]2ccccc2)([c]2ccccc2)[c]2ccccc2)c1. The molecule has 2 nitrogen and oxygen atoms in total. The molecule has 0 bridgehead atoms. The summed E-state index contributed by atoms with van der Waals surface area (Å²) < 4.78 is 9.24. The van der Waals surface area contributed by atoms with Crippen LogP contribution >= 0.6 is 0 Å². The van der Waals surface area contributed by atoms with Gasteiger partial charge < -0.3 is 0 Å². The van der Waals surface area contributed by atoms with E-state index in [-0.39, 0.29) is 22.3 Å². The third-order valence-electron chi connectivity index (χ3n) is 12.3. The summed E-state index contributed by atoms with van der Waals surface area (Å²) in [7, 11) is 0. The molecule has 0 unspecified atom stereocenters. The normalized spacial score (nSPS) is 12.3. The second kappa shape index (κ2) is 16.5. The Bertz CT molecular complexity index is 2320. The van der Waals surface area contributed by atoms with E-state index in [2.05, 4.69) is 248 Å². The predicted molar refractivity (Wildman–Crippen MR) is 260 cm³/mol. The van der Waals surface area contributed by atoms with E-state index in [1.807, 2.05) is 0 Å². The second-order valence-electron chi connectivity index (χ2n) is 18.0. The summed E-state index contributed by atoms with van der Waals surface area (Å²) in [6, 6.07) is 73.8. The Morgan fingerprint density at radius 2 is 0.500 bits per heavy atom. The first-order valence-corrected chi connectivity index (χ1v) is 29.4. The molecule has 0 aromatic heterocycles. The molecule has 0 saturated carbocycles. The zero-order valence-electron chi connectivity index (χ0n) is 35.5. The van der Waals surface area contributed by atoms with Crippen molar-refractivity contribution >= 4 is 61.7 Å². The molecular formula is C56H54Ge2O2. The van der Waals surface area contributed by atoms with Gasteiger partial charge in [-0.1, -0.05) is 0 Å². The molecule has 0 aliphatic rings. The number of rotatable bonds is 9. The third kappa shape index (κ3) is 7.24. The molecule has 298 valence electrons. The number of hydrogen-bond donors (Lipinski definition) is 2. The van der Waals surface area contributed by atoms with Gasteiger partial charge in [-0.2, -0.15) is 0 Å². The molecule has 4 heteroatoms. The number of benzene rings is 8. The Balaban J connectivity index is 1.56.